The number of hydrogen-bond donors (Lipinski definition) is 0. The van der Waals surface area contributed by atoms with Gasteiger partial charge in [-0.05, 0) is 31.6 Å². The molecule has 0 N–H and O–H groups in total. The minimum Gasteiger partial charge on any atom is -0.107 e. The Morgan fingerprint density at radius 1 is 1.00 bits per heavy atom. The van der Waals surface area contributed by atoms with Crippen molar-refractivity contribution in [2.45, 2.75) is 78.1 Å². The largest absolute Gasteiger partial charge is 0.107 e. The van der Waals surface area contributed by atoms with Gasteiger partial charge in [-0.1, -0.05) is 64.0 Å². The van der Waals surface area contributed by atoms with E-state index in [1.54, 1.807) is 0 Å². The molecule has 1 saturated carbocycles. The molecule has 0 aliphatic heterocycles. The number of rotatable bonds is 4. The van der Waals surface area contributed by atoms with E-state index in [1.165, 1.54) is 51.4 Å². The van der Waals surface area contributed by atoms with Crippen molar-refractivity contribution in [3.63, 3.8) is 0 Å². The van der Waals surface area contributed by atoms with Gasteiger partial charge < -0.3 is 0 Å². The van der Waals surface area contributed by atoms with Crippen molar-refractivity contribution in [2.75, 3.05) is 0 Å². The smallest absolute Gasteiger partial charge is 0.0123 e. The summed E-state index contributed by atoms with van der Waals surface area (Å²) in [5, 5.41) is 0. The normalized spacial score (nSPS) is 25.9. The fraction of sp³-hybridized carbons (Fsp3) is 0.778. The van der Waals surface area contributed by atoms with Crippen LogP contribution in [0.2, 0.25) is 0 Å². The Morgan fingerprint density at radius 2 is 1.72 bits per heavy atom. The first-order valence-electron chi connectivity index (χ1n) is 7.87. The molecule has 1 aliphatic carbocycles. The number of unbranched alkanes of at least 4 members (excludes halogenated alkanes) is 1. The van der Waals surface area contributed by atoms with Gasteiger partial charge in [0.25, 0.3) is 0 Å². The van der Waals surface area contributed by atoms with E-state index in [0.717, 1.165) is 24.7 Å². The molecular formula is C18H30. The van der Waals surface area contributed by atoms with Crippen molar-refractivity contribution in [2.24, 2.45) is 11.8 Å². The lowest BCUT2D eigenvalue weighted by molar-refractivity contribution is 0.424. The summed E-state index contributed by atoms with van der Waals surface area (Å²) in [7, 11) is 0. The molecule has 1 rings (SSSR count). The molecule has 2 unspecified atom stereocenters. The first kappa shape index (κ1) is 15.4. The average molecular weight is 246 g/mol. The molecule has 0 aromatic rings. The van der Waals surface area contributed by atoms with E-state index < -0.39 is 0 Å². The summed E-state index contributed by atoms with van der Waals surface area (Å²) in [4.78, 5) is 0. The van der Waals surface area contributed by atoms with Crippen molar-refractivity contribution in [3.8, 4) is 11.8 Å². The van der Waals surface area contributed by atoms with Crippen LogP contribution in [-0.4, -0.2) is 0 Å². The van der Waals surface area contributed by atoms with Crippen molar-refractivity contribution < 1.29 is 0 Å². The molecule has 0 bridgehead atoms. The van der Waals surface area contributed by atoms with Crippen LogP contribution in [0.1, 0.15) is 78.1 Å². The average Bonchev–Trinajstić information content (AvgIpc) is 2.46. The Hall–Kier alpha value is -0.700. The predicted octanol–water partition coefficient (Wildman–Crippen LogP) is 5.73. The van der Waals surface area contributed by atoms with Crippen LogP contribution < -0.4 is 0 Å². The molecule has 18 heavy (non-hydrogen) atoms. The van der Waals surface area contributed by atoms with E-state index in [4.69, 9.17) is 0 Å². The highest BCUT2D eigenvalue weighted by Crippen LogP contribution is 2.27. The third-order valence-electron chi connectivity index (χ3n) is 4.12. The van der Waals surface area contributed by atoms with Crippen LogP contribution >= 0.6 is 0 Å². The van der Waals surface area contributed by atoms with Crippen LogP contribution in [0.25, 0.3) is 0 Å². The topological polar surface area (TPSA) is 0 Å². The van der Waals surface area contributed by atoms with E-state index in [-0.39, 0.29) is 0 Å². The summed E-state index contributed by atoms with van der Waals surface area (Å²) in [5.41, 5.74) is 0. The molecule has 2 atom stereocenters. The van der Waals surface area contributed by atoms with Gasteiger partial charge in [-0.15, -0.1) is 11.8 Å². The highest BCUT2D eigenvalue weighted by atomic mass is 14.2. The molecule has 1 fully saturated rings. The number of allylic oxidation sites excluding steroid dienone is 2. The lowest BCUT2D eigenvalue weighted by atomic mass is 9.93. The lowest BCUT2D eigenvalue weighted by Gasteiger charge is -2.13. The Balaban J connectivity index is 2.19. The first-order chi connectivity index (χ1) is 8.83. The summed E-state index contributed by atoms with van der Waals surface area (Å²) in [5.74, 6) is 7.98. The molecule has 1 aliphatic rings. The van der Waals surface area contributed by atoms with E-state index >= 15 is 0 Å². The second-order valence-electron chi connectivity index (χ2n) is 5.86. The molecule has 0 radical (unpaired) electrons. The lowest BCUT2D eigenvalue weighted by Crippen LogP contribution is -1.99. The molecular weight excluding hydrogens is 216 g/mol. The Bertz CT molecular complexity index is 276. The molecule has 0 saturated heterocycles. The standard InChI is InChI=1S/C18H30/c1-3-4-5-6-7-8-14-18-15-10-9-12-17(2)13-11-16-18/h7-8,17-18H,5-6,9-16H2,1-2H3. The molecule has 102 valence electrons. The molecule has 0 aromatic carbocycles. The summed E-state index contributed by atoms with van der Waals surface area (Å²) in [6.45, 7) is 4.34. The minimum absolute atomic E-state index is 0.948. The van der Waals surface area contributed by atoms with Crippen LogP contribution in [0.3, 0.4) is 0 Å². The van der Waals surface area contributed by atoms with Gasteiger partial charge in [0.2, 0.25) is 0 Å². The van der Waals surface area contributed by atoms with Gasteiger partial charge in [0.1, 0.15) is 0 Å². The van der Waals surface area contributed by atoms with Crippen LogP contribution in [0.5, 0.6) is 0 Å². The van der Waals surface area contributed by atoms with Gasteiger partial charge in [0.05, 0.1) is 0 Å². The summed E-state index contributed by atoms with van der Waals surface area (Å²) >= 11 is 0. The third-order valence-corrected chi connectivity index (χ3v) is 4.12. The second kappa shape index (κ2) is 10.2. The highest BCUT2D eigenvalue weighted by molar-refractivity contribution is 4.97. The molecule has 0 heteroatoms. The maximum absolute atomic E-state index is 3.12. The molecule has 0 amide bonds. The van der Waals surface area contributed by atoms with Crippen molar-refractivity contribution in [1.82, 2.24) is 0 Å². The zero-order valence-corrected chi connectivity index (χ0v) is 12.4. The summed E-state index contributed by atoms with van der Waals surface area (Å²) < 4.78 is 0. The quantitative estimate of drug-likeness (QED) is 0.337. The second-order valence-corrected chi connectivity index (χ2v) is 5.86. The predicted molar refractivity (Wildman–Crippen MR) is 81.4 cm³/mol. The third kappa shape index (κ3) is 7.59. The van der Waals surface area contributed by atoms with Gasteiger partial charge in [-0.2, -0.15) is 0 Å². The van der Waals surface area contributed by atoms with Gasteiger partial charge >= 0.3 is 0 Å². The van der Waals surface area contributed by atoms with E-state index in [2.05, 4.69) is 30.9 Å². The van der Waals surface area contributed by atoms with Gasteiger partial charge in [-0.25, -0.2) is 0 Å². The van der Waals surface area contributed by atoms with E-state index in [9.17, 15) is 0 Å². The van der Waals surface area contributed by atoms with Crippen LogP contribution in [0.4, 0.5) is 0 Å². The van der Waals surface area contributed by atoms with E-state index in [0.29, 0.717) is 0 Å². The number of hydrogen-bond acceptors (Lipinski definition) is 0. The summed E-state index contributed by atoms with van der Waals surface area (Å²) in [6, 6.07) is 0. The van der Waals surface area contributed by atoms with Crippen LogP contribution in [0.15, 0.2) is 12.2 Å². The van der Waals surface area contributed by atoms with Gasteiger partial charge in [-0.3, -0.25) is 0 Å². The van der Waals surface area contributed by atoms with Gasteiger partial charge in [0.15, 0.2) is 0 Å². The molecule has 0 heterocycles. The van der Waals surface area contributed by atoms with Crippen molar-refractivity contribution in [1.29, 1.82) is 0 Å². The maximum Gasteiger partial charge on any atom is 0.0123 e. The van der Waals surface area contributed by atoms with E-state index in [1.807, 2.05) is 6.92 Å². The Morgan fingerprint density at radius 3 is 2.56 bits per heavy atom. The fourth-order valence-corrected chi connectivity index (χ4v) is 2.89. The van der Waals surface area contributed by atoms with Crippen molar-refractivity contribution in [3.05, 3.63) is 12.2 Å². The zero-order chi connectivity index (χ0) is 13.1. The molecule has 0 aromatic heterocycles. The molecule has 0 nitrogen and oxygen atoms in total. The minimum atomic E-state index is 0.948. The maximum atomic E-state index is 3.12. The fourth-order valence-electron chi connectivity index (χ4n) is 2.89. The Kier molecular flexibility index (Phi) is 8.74. The zero-order valence-electron chi connectivity index (χ0n) is 12.4. The highest BCUT2D eigenvalue weighted by Gasteiger charge is 2.11. The van der Waals surface area contributed by atoms with Crippen LogP contribution in [0, 0.1) is 23.7 Å². The van der Waals surface area contributed by atoms with Crippen molar-refractivity contribution >= 4 is 0 Å². The molecule has 0 spiro atoms. The Labute approximate surface area is 114 Å². The monoisotopic (exact) mass is 246 g/mol. The summed E-state index contributed by atoms with van der Waals surface area (Å²) in [6.07, 6.45) is 18.3. The van der Waals surface area contributed by atoms with Crippen LogP contribution in [-0.2, 0) is 0 Å². The SMILES string of the molecule is CC#CCCC=CCC1CCCCC(C)CCC1. The first-order valence-corrected chi connectivity index (χ1v) is 7.87. The van der Waals surface area contributed by atoms with Gasteiger partial charge in [0, 0.05) is 6.42 Å².